The lowest BCUT2D eigenvalue weighted by atomic mass is 10.0. The van der Waals surface area contributed by atoms with E-state index in [2.05, 4.69) is 42.3 Å². The molecular formula is C15H22N2O. The van der Waals surface area contributed by atoms with E-state index in [9.17, 15) is 0 Å². The Kier molecular flexibility index (Phi) is 3.04. The Morgan fingerprint density at radius 1 is 1.39 bits per heavy atom. The van der Waals surface area contributed by atoms with E-state index in [-0.39, 0.29) is 5.60 Å². The predicted octanol–water partition coefficient (Wildman–Crippen LogP) is 2.27. The predicted molar refractivity (Wildman–Crippen MR) is 73.9 cm³/mol. The van der Waals surface area contributed by atoms with Gasteiger partial charge in [-0.3, -0.25) is 4.90 Å². The Balaban J connectivity index is 1.75. The summed E-state index contributed by atoms with van der Waals surface area (Å²) in [6.07, 6.45) is 1.16. The van der Waals surface area contributed by atoms with Crippen molar-refractivity contribution in [1.29, 1.82) is 0 Å². The molecule has 0 saturated carbocycles. The number of nitrogens with one attached hydrogen (secondary N) is 1. The first-order valence-electron chi connectivity index (χ1n) is 6.85. The molecule has 0 radical (unpaired) electrons. The molecular weight excluding hydrogens is 224 g/mol. The average Bonchev–Trinajstić information content (AvgIpc) is 2.77. The van der Waals surface area contributed by atoms with Crippen molar-refractivity contribution in [3.63, 3.8) is 0 Å². The van der Waals surface area contributed by atoms with E-state index < -0.39 is 0 Å². The van der Waals surface area contributed by atoms with Crippen molar-refractivity contribution in [3.05, 3.63) is 29.3 Å². The summed E-state index contributed by atoms with van der Waals surface area (Å²) in [6.45, 7) is 9.35. The molecule has 1 aromatic rings. The van der Waals surface area contributed by atoms with Gasteiger partial charge in [-0.2, -0.15) is 0 Å². The molecule has 1 N–H and O–H groups in total. The number of fused-ring (bicyclic) bond motifs is 1. The fourth-order valence-electron chi connectivity index (χ4n) is 3.03. The largest absolute Gasteiger partial charge is 0.384 e. The first-order valence-corrected chi connectivity index (χ1v) is 6.85. The lowest BCUT2D eigenvalue weighted by Gasteiger charge is -2.38. The summed E-state index contributed by atoms with van der Waals surface area (Å²) in [4.78, 5) is 2.50. The second-order valence-corrected chi connectivity index (χ2v) is 5.95. The Bertz CT molecular complexity index is 442. The lowest BCUT2D eigenvalue weighted by Crippen LogP contribution is -2.47. The van der Waals surface area contributed by atoms with Crippen LogP contribution in [0.5, 0.6) is 0 Å². The van der Waals surface area contributed by atoms with E-state index in [1.54, 1.807) is 0 Å². The molecule has 0 spiro atoms. The van der Waals surface area contributed by atoms with Crippen LogP contribution in [0.15, 0.2) is 18.2 Å². The van der Waals surface area contributed by atoms with Gasteiger partial charge in [-0.25, -0.2) is 0 Å². The molecule has 0 aliphatic carbocycles. The van der Waals surface area contributed by atoms with E-state index in [0.29, 0.717) is 0 Å². The molecule has 2 aliphatic heterocycles. The van der Waals surface area contributed by atoms with Crippen LogP contribution in [0.2, 0.25) is 0 Å². The van der Waals surface area contributed by atoms with E-state index in [1.165, 1.54) is 16.8 Å². The third-order valence-corrected chi connectivity index (χ3v) is 3.83. The quantitative estimate of drug-likeness (QED) is 0.866. The number of rotatable bonds is 2. The highest BCUT2D eigenvalue weighted by molar-refractivity contribution is 5.61. The van der Waals surface area contributed by atoms with E-state index >= 15 is 0 Å². The summed E-state index contributed by atoms with van der Waals surface area (Å²) in [5.74, 6) is 0. The summed E-state index contributed by atoms with van der Waals surface area (Å²) in [6, 6.07) is 6.68. The molecule has 0 atom stereocenters. The van der Waals surface area contributed by atoms with Gasteiger partial charge in [0.1, 0.15) is 0 Å². The van der Waals surface area contributed by atoms with Gasteiger partial charge in [0.05, 0.1) is 12.2 Å². The monoisotopic (exact) mass is 246 g/mol. The first-order chi connectivity index (χ1) is 8.64. The highest BCUT2D eigenvalue weighted by atomic mass is 16.5. The molecule has 1 aromatic carbocycles. The van der Waals surface area contributed by atoms with Gasteiger partial charge in [-0.1, -0.05) is 18.2 Å². The second kappa shape index (κ2) is 4.56. The molecule has 2 heterocycles. The molecule has 3 nitrogen and oxygen atoms in total. The smallest absolute Gasteiger partial charge is 0.0753 e. The Hall–Kier alpha value is -1.06. The zero-order valence-corrected chi connectivity index (χ0v) is 11.3. The van der Waals surface area contributed by atoms with Crippen molar-refractivity contribution in [2.75, 3.05) is 31.6 Å². The maximum absolute atomic E-state index is 5.77. The SMILES string of the molecule is CC1(C)CN(Cc2cccc3c2NCC3)CCO1. The molecule has 98 valence electrons. The molecule has 1 saturated heterocycles. The highest BCUT2D eigenvalue weighted by Crippen LogP contribution is 2.28. The average molecular weight is 246 g/mol. The molecule has 1 fully saturated rings. The molecule has 0 unspecified atom stereocenters. The van der Waals surface area contributed by atoms with Crippen LogP contribution in [0.25, 0.3) is 0 Å². The Labute approximate surface area is 109 Å². The highest BCUT2D eigenvalue weighted by Gasteiger charge is 2.27. The standard InChI is InChI=1S/C15H22N2O/c1-15(2)11-17(8-9-18-15)10-13-5-3-4-12-6-7-16-14(12)13/h3-5,16H,6-11H2,1-2H3. The van der Waals surface area contributed by atoms with Gasteiger partial charge in [0.25, 0.3) is 0 Å². The van der Waals surface area contributed by atoms with Gasteiger partial charge in [-0.15, -0.1) is 0 Å². The van der Waals surface area contributed by atoms with Crippen molar-refractivity contribution in [2.24, 2.45) is 0 Å². The molecule has 18 heavy (non-hydrogen) atoms. The topological polar surface area (TPSA) is 24.5 Å². The van der Waals surface area contributed by atoms with Gasteiger partial charge in [0.15, 0.2) is 0 Å². The minimum absolute atomic E-state index is 0.0103. The number of benzene rings is 1. The van der Waals surface area contributed by atoms with Gasteiger partial charge in [0.2, 0.25) is 0 Å². The van der Waals surface area contributed by atoms with Crippen LogP contribution in [0.1, 0.15) is 25.0 Å². The summed E-state index contributed by atoms with van der Waals surface area (Å²) in [5, 5.41) is 3.52. The van der Waals surface area contributed by atoms with Gasteiger partial charge in [-0.05, 0) is 31.4 Å². The van der Waals surface area contributed by atoms with Crippen LogP contribution in [0.4, 0.5) is 5.69 Å². The second-order valence-electron chi connectivity index (χ2n) is 5.95. The van der Waals surface area contributed by atoms with Gasteiger partial charge >= 0.3 is 0 Å². The summed E-state index contributed by atoms with van der Waals surface area (Å²) in [5.41, 5.74) is 4.27. The fraction of sp³-hybridized carbons (Fsp3) is 0.600. The van der Waals surface area contributed by atoms with Crippen molar-refractivity contribution >= 4 is 5.69 Å². The maximum atomic E-state index is 5.77. The fourth-order valence-corrected chi connectivity index (χ4v) is 3.03. The minimum Gasteiger partial charge on any atom is -0.384 e. The zero-order chi connectivity index (χ0) is 12.6. The summed E-state index contributed by atoms with van der Waals surface area (Å²) < 4.78 is 5.77. The number of nitrogens with zero attached hydrogens (tertiary/aromatic N) is 1. The van der Waals surface area contributed by atoms with Gasteiger partial charge < -0.3 is 10.1 Å². The van der Waals surface area contributed by atoms with Gasteiger partial charge in [0, 0.05) is 31.9 Å². The number of para-hydroxylation sites is 1. The van der Waals surface area contributed by atoms with E-state index in [0.717, 1.165) is 39.2 Å². The lowest BCUT2D eigenvalue weighted by molar-refractivity contribution is -0.0882. The molecule has 0 amide bonds. The minimum atomic E-state index is -0.0103. The third-order valence-electron chi connectivity index (χ3n) is 3.83. The number of hydrogen-bond donors (Lipinski definition) is 1. The molecule has 3 heteroatoms. The van der Waals surface area contributed by atoms with Crippen LogP contribution in [-0.2, 0) is 17.7 Å². The number of hydrogen-bond acceptors (Lipinski definition) is 3. The van der Waals surface area contributed by atoms with Crippen molar-refractivity contribution in [3.8, 4) is 0 Å². The Morgan fingerprint density at radius 2 is 2.28 bits per heavy atom. The number of anilines is 1. The third kappa shape index (κ3) is 2.38. The maximum Gasteiger partial charge on any atom is 0.0753 e. The number of morpholine rings is 1. The number of ether oxygens (including phenoxy) is 1. The summed E-state index contributed by atoms with van der Waals surface area (Å²) in [7, 11) is 0. The first kappa shape index (κ1) is 12.0. The molecule has 2 aliphatic rings. The van der Waals surface area contributed by atoms with E-state index in [1.807, 2.05) is 0 Å². The van der Waals surface area contributed by atoms with E-state index in [4.69, 9.17) is 4.74 Å². The Morgan fingerprint density at radius 3 is 3.11 bits per heavy atom. The van der Waals surface area contributed by atoms with Crippen LogP contribution in [-0.4, -0.2) is 36.7 Å². The normalized spacial score (nSPS) is 22.6. The van der Waals surface area contributed by atoms with Crippen LogP contribution in [0, 0.1) is 0 Å². The van der Waals surface area contributed by atoms with Crippen molar-refractivity contribution in [1.82, 2.24) is 4.90 Å². The van der Waals surface area contributed by atoms with Crippen LogP contribution in [0.3, 0.4) is 0 Å². The van der Waals surface area contributed by atoms with Crippen LogP contribution >= 0.6 is 0 Å². The van der Waals surface area contributed by atoms with Crippen LogP contribution < -0.4 is 5.32 Å². The summed E-state index contributed by atoms with van der Waals surface area (Å²) >= 11 is 0. The molecule has 3 rings (SSSR count). The zero-order valence-electron chi connectivity index (χ0n) is 11.3. The van der Waals surface area contributed by atoms with Crippen molar-refractivity contribution < 1.29 is 4.74 Å². The molecule has 0 aromatic heterocycles. The molecule has 0 bridgehead atoms. The van der Waals surface area contributed by atoms with Crippen molar-refractivity contribution in [2.45, 2.75) is 32.4 Å².